The number of alkyl halides is 1. The lowest BCUT2D eigenvalue weighted by molar-refractivity contribution is -0.117. The molecule has 3 rings (SSSR count). The van der Waals surface area contributed by atoms with Crippen LogP contribution in [0.3, 0.4) is 0 Å². The molecule has 1 fully saturated rings. The molecule has 1 atom stereocenters. The Morgan fingerprint density at radius 1 is 1.33 bits per heavy atom. The summed E-state index contributed by atoms with van der Waals surface area (Å²) >= 11 is 4.73. The molecule has 92 valence electrons. The Morgan fingerprint density at radius 2 is 2.11 bits per heavy atom. The van der Waals surface area contributed by atoms with Gasteiger partial charge in [-0.2, -0.15) is 9.36 Å². The molecule has 6 heteroatoms. The van der Waals surface area contributed by atoms with Gasteiger partial charge >= 0.3 is 0 Å². The molecule has 0 spiro atoms. The number of rotatable bonds is 2. The van der Waals surface area contributed by atoms with Crippen molar-refractivity contribution in [1.82, 2.24) is 9.36 Å². The normalized spacial score (nSPS) is 19.5. The van der Waals surface area contributed by atoms with E-state index in [4.69, 9.17) is 0 Å². The molecule has 2 heterocycles. The lowest BCUT2D eigenvalue weighted by atomic mass is 10.2. The summed E-state index contributed by atoms with van der Waals surface area (Å²) in [4.78, 5) is 18.1. The van der Waals surface area contributed by atoms with E-state index >= 15 is 0 Å². The Kier molecular flexibility index (Phi) is 3.13. The van der Waals surface area contributed by atoms with Crippen molar-refractivity contribution < 1.29 is 4.79 Å². The van der Waals surface area contributed by atoms with Crippen molar-refractivity contribution in [2.24, 2.45) is 0 Å². The number of carbonyl (C=O) groups is 1. The molecule has 1 aliphatic heterocycles. The van der Waals surface area contributed by atoms with Crippen LogP contribution in [0, 0.1) is 0 Å². The first-order chi connectivity index (χ1) is 8.74. The monoisotopic (exact) mass is 323 g/mol. The Balaban J connectivity index is 1.88. The number of hydrogen-bond donors (Lipinski definition) is 0. The van der Waals surface area contributed by atoms with Crippen LogP contribution >= 0.6 is 27.5 Å². The van der Waals surface area contributed by atoms with Gasteiger partial charge < -0.3 is 0 Å². The van der Waals surface area contributed by atoms with Crippen LogP contribution in [0.5, 0.6) is 0 Å². The van der Waals surface area contributed by atoms with Crippen molar-refractivity contribution >= 4 is 38.5 Å². The first kappa shape index (κ1) is 11.8. The maximum atomic E-state index is 11.8. The minimum Gasteiger partial charge on any atom is -0.286 e. The van der Waals surface area contributed by atoms with E-state index in [2.05, 4.69) is 25.3 Å². The summed E-state index contributed by atoms with van der Waals surface area (Å²) in [6, 6.07) is 9.78. The Bertz CT molecular complexity index is 572. The molecule has 1 aromatic carbocycles. The molecule has 18 heavy (non-hydrogen) atoms. The Hall–Kier alpha value is -1.27. The van der Waals surface area contributed by atoms with E-state index in [1.807, 2.05) is 30.3 Å². The molecule has 0 saturated carbocycles. The highest BCUT2D eigenvalue weighted by Gasteiger charge is 2.31. The highest BCUT2D eigenvalue weighted by molar-refractivity contribution is 9.09. The number of aromatic nitrogens is 2. The molecular formula is C12H10BrN3OS. The van der Waals surface area contributed by atoms with Crippen LogP contribution in [0.15, 0.2) is 30.3 Å². The number of anilines is 1. The Morgan fingerprint density at radius 3 is 2.78 bits per heavy atom. The second-order valence-electron chi connectivity index (χ2n) is 4.07. The number of halogens is 1. The smallest absolute Gasteiger partial charge is 0.230 e. The quantitative estimate of drug-likeness (QED) is 0.798. The number of nitrogens with zero attached hydrogens (tertiary/aromatic N) is 3. The summed E-state index contributed by atoms with van der Waals surface area (Å²) in [6.07, 6.45) is 0.528. The molecule has 1 aliphatic rings. The summed E-state index contributed by atoms with van der Waals surface area (Å²) in [5.74, 6) is 0.786. The van der Waals surface area contributed by atoms with Gasteiger partial charge in [0.25, 0.3) is 0 Å². The standard InChI is InChI=1S/C12H10BrN3OS/c13-9-6-10(17)16(7-9)12-14-11(15-18-12)8-4-2-1-3-5-8/h1-5,9H,6-7H2. The molecule has 0 N–H and O–H groups in total. The van der Waals surface area contributed by atoms with Crippen LogP contribution in [0.25, 0.3) is 11.4 Å². The molecule has 1 unspecified atom stereocenters. The first-order valence-electron chi connectivity index (χ1n) is 5.57. The predicted molar refractivity (Wildman–Crippen MR) is 75.0 cm³/mol. The fraction of sp³-hybridized carbons (Fsp3) is 0.250. The van der Waals surface area contributed by atoms with E-state index < -0.39 is 0 Å². The predicted octanol–water partition coefficient (Wildman–Crippen LogP) is 2.71. The third kappa shape index (κ3) is 2.18. The maximum absolute atomic E-state index is 11.8. The lowest BCUT2D eigenvalue weighted by Gasteiger charge is -2.09. The van der Waals surface area contributed by atoms with E-state index in [0.29, 0.717) is 23.9 Å². The Labute approximate surface area is 117 Å². The largest absolute Gasteiger partial charge is 0.286 e. The van der Waals surface area contributed by atoms with Crippen LogP contribution in [0.4, 0.5) is 5.13 Å². The minimum atomic E-state index is 0.104. The van der Waals surface area contributed by atoms with Crippen LogP contribution < -0.4 is 4.90 Å². The van der Waals surface area contributed by atoms with E-state index in [0.717, 1.165) is 5.56 Å². The number of benzene rings is 1. The van der Waals surface area contributed by atoms with Crippen molar-refractivity contribution in [1.29, 1.82) is 0 Å². The average molecular weight is 324 g/mol. The molecule has 1 amide bonds. The zero-order valence-corrected chi connectivity index (χ0v) is 11.8. The van der Waals surface area contributed by atoms with Crippen LogP contribution in [0.1, 0.15) is 6.42 Å². The van der Waals surface area contributed by atoms with Crippen molar-refractivity contribution in [2.45, 2.75) is 11.2 Å². The average Bonchev–Trinajstić information content (AvgIpc) is 2.97. The number of amides is 1. The van der Waals surface area contributed by atoms with Gasteiger partial charge in [0.1, 0.15) is 0 Å². The van der Waals surface area contributed by atoms with E-state index in [-0.39, 0.29) is 10.7 Å². The summed E-state index contributed by atoms with van der Waals surface area (Å²) in [5.41, 5.74) is 0.974. The van der Waals surface area contributed by atoms with Gasteiger partial charge in [-0.25, -0.2) is 0 Å². The third-order valence-corrected chi connectivity index (χ3v) is 4.11. The van der Waals surface area contributed by atoms with Gasteiger partial charge in [-0.1, -0.05) is 46.3 Å². The van der Waals surface area contributed by atoms with E-state index in [1.54, 1.807) is 4.90 Å². The van der Waals surface area contributed by atoms with Crippen molar-refractivity contribution in [3.8, 4) is 11.4 Å². The molecule has 0 aliphatic carbocycles. The van der Waals surface area contributed by atoms with Crippen molar-refractivity contribution in [3.63, 3.8) is 0 Å². The second kappa shape index (κ2) is 4.78. The fourth-order valence-electron chi connectivity index (χ4n) is 1.88. The van der Waals surface area contributed by atoms with Gasteiger partial charge in [0.15, 0.2) is 5.82 Å². The van der Waals surface area contributed by atoms with Crippen molar-refractivity contribution in [2.75, 3.05) is 11.4 Å². The van der Waals surface area contributed by atoms with E-state index in [1.165, 1.54) is 11.5 Å². The lowest BCUT2D eigenvalue weighted by Crippen LogP contribution is -2.24. The van der Waals surface area contributed by atoms with Gasteiger partial charge in [-0.15, -0.1) is 0 Å². The molecular weight excluding hydrogens is 314 g/mol. The van der Waals surface area contributed by atoms with Crippen LogP contribution in [-0.4, -0.2) is 26.6 Å². The van der Waals surface area contributed by atoms with Gasteiger partial charge in [0, 0.05) is 34.9 Å². The number of carbonyl (C=O) groups excluding carboxylic acids is 1. The van der Waals surface area contributed by atoms with Gasteiger partial charge in [-0.3, -0.25) is 9.69 Å². The highest BCUT2D eigenvalue weighted by Crippen LogP contribution is 2.29. The summed E-state index contributed by atoms with van der Waals surface area (Å²) in [5, 5.41) is 0.681. The number of hydrogen-bond acceptors (Lipinski definition) is 4. The minimum absolute atomic E-state index is 0.104. The van der Waals surface area contributed by atoms with Crippen molar-refractivity contribution in [3.05, 3.63) is 30.3 Å². The highest BCUT2D eigenvalue weighted by atomic mass is 79.9. The topological polar surface area (TPSA) is 46.1 Å². The van der Waals surface area contributed by atoms with E-state index in [9.17, 15) is 4.79 Å². The molecule has 1 aromatic heterocycles. The van der Waals surface area contributed by atoms with Gasteiger partial charge in [-0.05, 0) is 0 Å². The maximum Gasteiger partial charge on any atom is 0.230 e. The van der Waals surface area contributed by atoms with Crippen LogP contribution in [0.2, 0.25) is 0 Å². The summed E-state index contributed by atoms with van der Waals surface area (Å²) in [6.45, 7) is 0.669. The molecule has 4 nitrogen and oxygen atoms in total. The SMILES string of the molecule is O=C1CC(Br)CN1c1nc(-c2ccccc2)ns1. The van der Waals surface area contributed by atoms with Gasteiger partial charge in [0.2, 0.25) is 11.0 Å². The second-order valence-corrected chi connectivity index (χ2v) is 6.10. The fourth-order valence-corrected chi connectivity index (χ4v) is 3.16. The third-order valence-electron chi connectivity index (χ3n) is 2.76. The zero-order chi connectivity index (χ0) is 12.5. The summed E-state index contributed by atoms with van der Waals surface area (Å²) < 4.78 is 4.31. The zero-order valence-electron chi connectivity index (χ0n) is 9.41. The molecule has 1 saturated heterocycles. The molecule has 0 radical (unpaired) electrons. The molecule has 2 aromatic rings. The van der Waals surface area contributed by atoms with Gasteiger partial charge in [0.05, 0.1) is 0 Å². The summed E-state index contributed by atoms with van der Waals surface area (Å²) in [7, 11) is 0. The van der Waals surface area contributed by atoms with Crippen LogP contribution in [-0.2, 0) is 4.79 Å². The molecule has 0 bridgehead atoms. The first-order valence-corrected chi connectivity index (χ1v) is 7.26.